The number of ether oxygens (including phenoxy) is 1. The van der Waals surface area contributed by atoms with Gasteiger partial charge in [-0.05, 0) is 17.2 Å². The lowest BCUT2D eigenvalue weighted by atomic mass is 10.2. The van der Waals surface area contributed by atoms with Gasteiger partial charge in [0, 0.05) is 12.3 Å². The summed E-state index contributed by atoms with van der Waals surface area (Å²) < 4.78 is 6.85. The zero-order chi connectivity index (χ0) is 10.7. The van der Waals surface area contributed by atoms with Crippen LogP contribution < -0.4 is 9.84 Å². The molecule has 15 heavy (non-hydrogen) atoms. The summed E-state index contributed by atoms with van der Waals surface area (Å²) >= 11 is 0. The molecule has 0 atom stereocenters. The largest absolute Gasteiger partial charge is 0.857 e. The Balaban J connectivity index is 2.31. The average molecular weight is 204 g/mol. The van der Waals surface area contributed by atoms with Crippen LogP contribution in [0.4, 0.5) is 0 Å². The Morgan fingerprint density at radius 2 is 2.27 bits per heavy atom. The number of hydrogen-bond donors (Lipinski definition) is 0. The van der Waals surface area contributed by atoms with Crippen molar-refractivity contribution >= 4 is 12.1 Å². The van der Waals surface area contributed by atoms with Crippen molar-refractivity contribution in [1.29, 1.82) is 0 Å². The molecule has 0 aromatic heterocycles. The van der Waals surface area contributed by atoms with Gasteiger partial charge < -0.3 is 9.84 Å². The van der Waals surface area contributed by atoms with Crippen LogP contribution >= 0.6 is 0 Å². The highest BCUT2D eigenvalue weighted by Gasteiger charge is 2.12. The van der Waals surface area contributed by atoms with Crippen molar-refractivity contribution in [2.75, 3.05) is 13.7 Å². The Bertz CT molecular complexity index is 424. The van der Waals surface area contributed by atoms with Crippen LogP contribution in [-0.2, 0) is 0 Å². The molecule has 0 saturated carbocycles. The first-order valence-corrected chi connectivity index (χ1v) is 4.78. The van der Waals surface area contributed by atoms with Crippen LogP contribution in [0, 0.1) is 0 Å². The zero-order valence-electron chi connectivity index (χ0n) is 8.51. The minimum absolute atomic E-state index is 0.0684. The first kappa shape index (κ1) is 9.71. The van der Waals surface area contributed by atoms with E-state index in [0.717, 1.165) is 11.3 Å². The van der Waals surface area contributed by atoms with Gasteiger partial charge in [0.05, 0.1) is 12.7 Å². The maximum Gasteiger partial charge on any atom is 0.207 e. The molecule has 0 aliphatic carbocycles. The zero-order valence-corrected chi connectivity index (χ0v) is 8.51. The SMILES string of the molecule is COc1ccccc1/C=[N+]1/CCC([O-])=N1. The van der Waals surface area contributed by atoms with Crippen molar-refractivity contribution in [2.24, 2.45) is 5.10 Å². The lowest BCUT2D eigenvalue weighted by Crippen LogP contribution is -2.13. The average Bonchev–Trinajstić information content (AvgIpc) is 2.65. The van der Waals surface area contributed by atoms with E-state index in [1.807, 2.05) is 30.5 Å². The number of benzene rings is 1. The fourth-order valence-corrected chi connectivity index (χ4v) is 1.48. The molecule has 1 aliphatic rings. The molecule has 1 heterocycles. The molecule has 1 aromatic carbocycles. The van der Waals surface area contributed by atoms with Gasteiger partial charge in [-0.3, -0.25) is 0 Å². The summed E-state index contributed by atoms with van der Waals surface area (Å²) in [7, 11) is 1.62. The van der Waals surface area contributed by atoms with E-state index < -0.39 is 0 Å². The van der Waals surface area contributed by atoms with Crippen molar-refractivity contribution < 1.29 is 14.5 Å². The molecule has 0 saturated heterocycles. The molecule has 0 bridgehead atoms. The second kappa shape index (κ2) is 4.13. The van der Waals surface area contributed by atoms with Crippen molar-refractivity contribution in [3.05, 3.63) is 29.8 Å². The Kier molecular flexibility index (Phi) is 2.67. The molecular formula is C11H12N2O2. The van der Waals surface area contributed by atoms with Crippen LogP contribution in [0.3, 0.4) is 0 Å². The van der Waals surface area contributed by atoms with Crippen molar-refractivity contribution in [2.45, 2.75) is 6.42 Å². The molecule has 1 aliphatic heterocycles. The van der Waals surface area contributed by atoms with Gasteiger partial charge in [-0.1, -0.05) is 16.8 Å². The summed E-state index contributed by atoms with van der Waals surface area (Å²) in [6, 6.07) is 7.63. The molecule has 0 spiro atoms. The van der Waals surface area contributed by atoms with E-state index in [-0.39, 0.29) is 5.90 Å². The van der Waals surface area contributed by atoms with Crippen molar-refractivity contribution in [1.82, 2.24) is 0 Å². The molecule has 2 rings (SSSR count). The van der Waals surface area contributed by atoms with Crippen LogP contribution in [0.15, 0.2) is 29.4 Å². The predicted octanol–water partition coefficient (Wildman–Crippen LogP) is 0.204. The Morgan fingerprint density at radius 1 is 1.47 bits per heavy atom. The summed E-state index contributed by atoms with van der Waals surface area (Å²) in [5.41, 5.74) is 0.929. The molecule has 1 aromatic rings. The van der Waals surface area contributed by atoms with E-state index in [4.69, 9.17) is 4.74 Å². The summed E-state index contributed by atoms with van der Waals surface area (Å²) in [5, 5.41) is 14.8. The van der Waals surface area contributed by atoms with Crippen LogP contribution in [0.25, 0.3) is 0 Å². The number of hydrogen-bond acceptors (Lipinski definition) is 3. The first-order chi connectivity index (χ1) is 7.29. The number of hydrazone groups is 1. The highest BCUT2D eigenvalue weighted by Crippen LogP contribution is 2.15. The number of nitrogens with zero attached hydrogens (tertiary/aromatic N) is 2. The van der Waals surface area contributed by atoms with E-state index >= 15 is 0 Å². The normalized spacial score (nSPS) is 17.9. The molecular weight excluding hydrogens is 192 g/mol. The molecule has 4 heteroatoms. The molecule has 0 amide bonds. The van der Waals surface area contributed by atoms with Gasteiger partial charge in [0.1, 0.15) is 5.75 Å². The van der Waals surface area contributed by atoms with Gasteiger partial charge >= 0.3 is 0 Å². The van der Waals surface area contributed by atoms with Gasteiger partial charge in [-0.15, -0.1) is 0 Å². The Hall–Kier alpha value is -1.84. The molecule has 0 N–H and O–H groups in total. The molecule has 0 unspecified atom stereocenters. The predicted molar refractivity (Wildman–Crippen MR) is 55.3 cm³/mol. The van der Waals surface area contributed by atoms with E-state index in [1.165, 1.54) is 0 Å². The number of methoxy groups -OCH3 is 1. The molecule has 4 nitrogen and oxygen atoms in total. The van der Waals surface area contributed by atoms with Gasteiger partial charge in [-0.25, -0.2) is 0 Å². The second-order valence-corrected chi connectivity index (χ2v) is 3.28. The highest BCUT2D eigenvalue weighted by atomic mass is 16.5. The Labute approximate surface area is 88.1 Å². The van der Waals surface area contributed by atoms with E-state index in [9.17, 15) is 5.11 Å². The fraction of sp³-hybridized carbons (Fsp3) is 0.273. The number of para-hydroxylation sites is 1. The third-order valence-corrected chi connectivity index (χ3v) is 2.22. The summed E-state index contributed by atoms with van der Waals surface area (Å²) in [4.78, 5) is 0. The van der Waals surface area contributed by atoms with Gasteiger partial charge in [0.2, 0.25) is 6.21 Å². The third-order valence-electron chi connectivity index (χ3n) is 2.22. The highest BCUT2D eigenvalue weighted by molar-refractivity contribution is 5.81. The van der Waals surface area contributed by atoms with Gasteiger partial charge in [0.15, 0.2) is 6.54 Å². The smallest absolute Gasteiger partial charge is 0.207 e. The molecule has 78 valence electrons. The fourth-order valence-electron chi connectivity index (χ4n) is 1.48. The quantitative estimate of drug-likeness (QED) is 0.646. The van der Waals surface area contributed by atoms with E-state index in [2.05, 4.69) is 5.10 Å². The Morgan fingerprint density at radius 3 is 2.93 bits per heavy atom. The van der Waals surface area contributed by atoms with Crippen LogP contribution in [-0.4, -0.2) is 30.5 Å². The minimum atomic E-state index is -0.0684. The van der Waals surface area contributed by atoms with Crippen molar-refractivity contribution in [3.63, 3.8) is 0 Å². The van der Waals surface area contributed by atoms with E-state index in [0.29, 0.717) is 13.0 Å². The third kappa shape index (κ3) is 2.15. The monoisotopic (exact) mass is 204 g/mol. The van der Waals surface area contributed by atoms with E-state index in [1.54, 1.807) is 11.8 Å². The summed E-state index contributed by atoms with van der Waals surface area (Å²) in [6.45, 7) is 0.650. The maximum atomic E-state index is 10.9. The van der Waals surface area contributed by atoms with Crippen molar-refractivity contribution in [3.8, 4) is 5.75 Å². The van der Waals surface area contributed by atoms with Crippen LogP contribution in [0.1, 0.15) is 12.0 Å². The lowest BCUT2D eigenvalue weighted by molar-refractivity contribution is -0.519. The van der Waals surface area contributed by atoms with Gasteiger partial charge in [0.25, 0.3) is 0 Å². The summed E-state index contributed by atoms with van der Waals surface area (Å²) in [6.07, 6.45) is 2.31. The van der Waals surface area contributed by atoms with Gasteiger partial charge in [-0.2, -0.15) is 0 Å². The molecule has 0 radical (unpaired) electrons. The topological polar surface area (TPSA) is 47.7 Å². The standard InChI is InChI=1S/C11H12N2O2/c1-15-10-5-3-2-4-9(10)8-13-7-6-11(14)12-13/h2-5,8H,6-7H2,1H3/b13-8-. The second-order valence-electron chi connectivity index (χ2n) is 3.28. The maximum absolute atomic E-state index is 10.9. The number of rotatable bonds is 2. The van der Waals surface area contributed by atoms with Crippen LogP contribution in [0.5, 0.6) is 5.75 Å². The first-order valence-electron chi connectivity index (χ1n) is 4.78. The molecule has 0 fully saturated rings. The van der Waals surface area contributed by atoms with Crippen LogP contribution in [0.2, 0.25) is 0 Å². The lowest BCUT2D eigenvalue weighted by Gasteiger charge is -2.00. The minimum Gasteiger partial charge on any atom is -0.857 e. The summed E-state index contributed by atoms with van der Waals surface area (Å²) in [5.74, 6) is 0.716.